The molecule has 1 heterocycles. The van der Waals surface area contributed by atoms with Gasteiger partial charge in [0, 0.05) is 16.5 Å². The van der Waals surface area contributed by atoms with Gasteiger partial charge in [0.1, 0.15) is 11.3 Å². The molecular weight excluding hydrogens is 342 g/mol. The highest BCUT2D eigenvalue weighted by Crippen LogP contribution is 2.22. The van der Waals surface area contributed by atoms with E-state index in [0.29, 0.717) is 5.49 Å². The van der Waals surface area contributed by atoms with Gasteiger partial charge in [0.05, 0.1) is 11.2 Å². The zero-order valence-electron chi connectivity index (χ0n) is 13.9. The summed E-state index contributed by atoms with van der Waals surface area (Å²) in [5.74, 6) is 3.38. The van der Waals surface area contributed by atoms with Crippen LogP contribution in [0, 0.1) is 17.8 Å². The molecule has 26 heavy (non-hydrogen) atoms. The lowest BCUT2D eigenvalue weighted by Crippen LogP contribution is -2.22. The first-order valence-corrected chi connectivity index (χ1v) is 7.97. The third kappa shape index (κ3) is 2.99. The molecule has 0 fully saturated rings. The van der Waals surface area contributed by atoms with Gasteiger partial charge in [-0.1, -0.05) is 54.5 Å². The summed E-state index contributed by atoms with van der Waals surface area (Å²) in [6.07, 6.45) is 5.55. The monoisotopic (exact) mass is 357 g/mol. The van der Waals surface area contributed by atoms with E-state index in [2.05, 4.69) is 5.92 Å². The number of hydrogen-bond acceptors (Lipinski definition) is 2. The molecule has 0 aliphatic heterocycles. The number of rotatable bonds is 2. The van der Waals surface area contributed by atoms with Crippen LogP contribution in [0.3, 0.4) is 0 Å². The Hall–Kier alpha value is -3.35. The molecule has 126 valence electrons. The Morgan fingerprint density at radius 3 is 2.38 bits per heavy atom. The lowest BCUT2D eigenvalue weighted by atomic mass is 10.1. The van der Waals surface area contributed by atoms with Crippen molar-refractivity contribution in [3.05, 3.63) is 89.9 Å². The second-order valence-corrected chi connectivity index (χ2v) is 5.70. The van der Waals surface area contributed by atoms with E-state index in [1.807, 2.05) is 83.4 Å². The fourth-order valence-corrected chi connectivity index (χ4v) is 2.93. The molecular formula is C22H16ClN3. The molecule has 3 aromatic carbocycles. The van der Waals surface area contributed by atoms with Crippen LogP contribution in [0.1, 0.15) is 5.56 Å². The minimum absolute atomic E-state index is 0. The second-order valence-electron chi connectivity index (χ2n) is 5.70. The predicted molar refractivity (Wildman–Crippen MR) is 108 cm³/mol. The third-order valence-corrected chi connectivity index (χ3v) is 4.12. The van der Waals surface area contributed by atoms with E-state index in [1.165, 1.54) is 0 Å². The number of para-hydroxylation sites is 1. The van der Waals surface area contributed by atoms with Crippen molar-refractivity contribution >= 4 is 23.3 Å². The Bertz CT molecular complexity index is 1170. The van der Waals surface area contributed by atoms with E-state index >= 15 is 0 Å². The van der Waals surface area contributed by atoms with Gasteiger partial charge in [0.15, 0.2) is 0 Å². The van der Waals surface area contributed by atoms with Crippen molar-refractivity contribution in [1.29, 1.82) is 5.41 Å². The SMILES string of the molecule is C#Cc1cccc(-n2c(-c3ccccc3)nc3ccccc3c2=N)c1.Cl. The van der Waals surface area contributed by atoms with E-state index < -0.39 is 0 Å². The fourth-order valence-electron chi connectivity index (χ4n) is 2.93. The lowest BCUT2D eigenvalue weighted by Gasteiger charge is -2.15. The van der Waals surface area contributed by atoms with Crippen LogP contribution >= 0.6 is 12.4 Å². The van der Waals surface area contributed by atoms with Gasteiger partial charge < -0.3 is 0 Å². The average molecular weight is 358 g/mol. The van der Waals surface area contributed by atoms with E-state index in [1.54, 1.807) is 0 Å². The van der Waals surface area contributed by atoms with Crippen LogP contribution in [0.15, 0.2) is 78.9 Å². The molecule has 4 aromatic rings. The Kier molecular flexibility index (Phi) is 4.88. The third-order valence-electron chi connectivity index (χ3n) is 4.12. The van der Waals surface area contributed by atoms with E-state index in [9.17, 15) is 0 Å². The van der Waals surface area contributed by atoms with Crippen molar-refractivity contribution in [3.8, 4) is 29.4 Å². The number of nitrogens with zero attached hydrogens (tertiary/aromatic N) is 2. The van der Waals surface area contributed by atoms with Crippen molar-refractivity contribution in [1.82, 2.24) is 9.55 Å². The molecule has 0 radical (unpaired) electrons. The smallest absolute Gasteiger partial charge is 0.146 e. The number of hydrogen-bond donors (Lipinski definition) is 1. The van der Waals surface area contributed by atoms with Gasteiger partial charge in [-0.3, -0.25) is 9.98 Å². The van der Waals surface area contributed by atoms with Gasteiger partial charge >= 0.3 is 0 Å². The van der Waals surface area contributed by atoms with Gasteiger partial charge in [-0.05, 0) is 30.3 Å². The zero-order chi connectivity index (χ0) is 17.2. The molecule has 1 aromatic heterocycles. The topological polar surface area (TPSA) is 41.7 Å². The fraction of sp³-hybridized carbons (Fsp3) is 0. The van der Waals surface area contributed by atoms with Gasteiger partial charge in [-0.25, -0.2) is 4.98 Å². The maximum Gasteiger partial charge on any atom is 0.146 e. The number of terminal acetylenes is 1. The molecule has 0 aliphatic carbocycles. The molecule has 1 N–H and O–H groups in total. The summed E-state index contributed by atoms with van der Waals surface area (Å²) in [6.45, 7) is 0. The summed E-state index contributed by atoms with van der Waals surface area (Å²) in [7, 11) is 0. The number of fused-ring (bicyclic) bond motifs is 1. The first-order valence-electron chi connectivity index (χ1n) is 7.97. The molecule has 0 saturated heterocycles. The highest BCUT2D eigenvalue weighted by Gasteiger charge is 2.12. The lowest BCUT2D eigenvalue weighted by molar-refractivity contribution is 0.922. The zero-order valence-corrected chi connectivity index (χ0v) is 14.7. The standard InChI is InChI=1S/C22H15N3.ClH/c1-2-16-9-8-12-18(15-16)25-21(23)19-13-6-7-14-20(19)24-22(25)17-10-4-3-5-11-17;/h1,3-15,23H;1H. The van der Waals surface area contributed by atoms with E-state index in [-0.39, 0.29) is 12.4 Å². The molecule has 0 spiro atoms. The van der Waals surface area contributed by atoms with Gasteiger partial charge in [0.25, 0.3) is 0 Å². The van der Waals surface area contributed by atoms with Crippen LogP contribution < -0.4 is 5.49 Å². The van der Waals surface area contributed by atoms with Gasteiger partial charge in [-0.15, -0.1) is 18.8 Å². The maximum atomic E-state index is 8.77. The van der Waals surface area contributed by atoms with Crippen LogP contribution in [0.4, 0.5) is 0 Å². The van der Waals surface area contributed by atoms with Crippen molar-refractivity contribution in [2.75, 3.05) is 0 Å². The van der Waals surface area contributed by atoms with Crippen molar-refractivity contribution in [3.63, 3.8) is 0 Å². The molecule has 0 saturated carbocycles. The van der Waals surface area contributed by atoms with Crippen LogP contribution in [-0.4, -0.2) is 9.55 Å². The Labute approximate surface area is 157 Å². The largest absolute Gasteiger partial charge is 0.283 e. The molecule has 0 aliphatic rings. The second kappa shape index (κ2) is 7.26. The van der Waals surface area contributed by atoms with Crippen molar-refractivity contribution in [2.45, 2.75) is 0 Å². The summed E-state index contributed by atoms with van der Waals surface area (Å²) in [6, 6.07) is 25.2. The maximum absolute atomic E-state index is 8.77. The molecule has 4 heteroatoms. The van der Waals surface area contributed by atoms with Gasteiger partial charge in [0.2, 0.25) is 0 Å². The van der Waals surface area contributed by atoms with E-state index in [0.717, 1.165) is 33.5 Å². The first kappa shape index (κ1) is 17.5. The number of aromatic nitrogens is 2. The van der Waals surface area contributed by atoms with Crippen LogP contribution in [0.2, 0.25) is 0 Å². The molecule has 0 amide bonds. The number of halogens is 1. The van der Waals surface area contributed by atoms with E-state index in [4.69, 9.17) is 16.8 Å². The van der Waals surface area contributed by atoms with Crippen LogP contribution in [0.25, 0.3) is 28.0 Å². The van der Waals surface area contributed by atoms with Crippen molar-refractivity contribution in [2.24, 2.45) is 0 Å². The molecule has 0 bridgehead atoms. The van der Waals surface area contributed by atoms with Crippen LogP contribution in [0.5, 0.6) is 0 Å². The first-order chi connectivity index (χ1) is 12.3. The quantitative estimate of drug-likeness (QED) is 0.524. The molecule has 0 unspecified atom stereocenters. The Balaban J connectivity index is 0.00000196. The summed E-state index contributed by atoms with van der Waals surface area (Å²) in [4.78, 5) is 4.83. The summed E-state index contributed by atoms with van der Waals surface area (Å²) >= 11 is 0. The highest BCUT2D eigenvalue weighted by atomic mass is 35.5. The minimum Gasteiger partial charge on any atom is -0.283 e. The molecule has 3 nitrogen and oxygen atoms in total. The van der Waals surface area contributed by atoms with Crippen LogP contribution in [-0.2, 0) is 0 Å². The summed E-state index contributed by atoms with van der Waals surface area (Å²) in [5.41, 5.74) is 3.75. The van der Waals surface area contributed by atoms with Gasteiger partial charge in [-0.2, -0.15) is 0 Å². The minimum atomic E-state index is 0. The Morgan fingerprint density at radius 2 is 1.62 bits per heavy atom. The Morgan fingerprint density at radius 1 is 0.885 bits per heavy atom. The molecule has 0 atom stereocenters. The summed E-state index contributed by atoms with van der Waals surface area (Å²) < 4.78 is 1.85. The average Bonchev–Trinajstić information content (AvgIpc) is 2.68. The number of benzene rings is 3. The molecule has 4 rings (SSSR count). The normalized spacial score (nSPS) is 10.1. The predicted octanol–water partition coefficient (Wildman–Crippen LogP) is 4.58. The number of nitrogens with one attached hydrogen (secondary N) is 1. The highest BCUT2D eigenvalue weighted by molar-refractivity contribution is 5.85. The van der Waals surface area contributed by atoms with Crippen molar-refractivity contribution < 1.29 is 0 Å². The summed E-state index contributed by atoms with van der Waals surface area (Å²) in [5, 5.41) is 9.57.